The molecule has 2 aromatic heterocycles. The molecular weight excluding hydrogens is 386 g/mol. The van der Waals surface area contributed by atoms with Crippen molar-refractivity contribution in [2.75, 3.05) is 0 Å². The second-order valence-electron chi connectivity index (χ2n) is 7.76. The van der Waals surface area contributed by atoms with E-state index in [1.165, 1.54) is 31.6 Å². The molecule has 0 spiro atoms. The van der Waals surface area contributed by atoms with Gasteiger partial charge in [-0.3, -0.25) is 4.79 Å². The second kappa shape index (κ2) is 5.68. The number of nitrogens with one attached hydrogen (secondary N) is 1. The highest BCUT2D eigenvalue weighted by Gasteiger charge is 2.18. The molecule has 0 aliphatic heterocycles. The van der Waals surface area contributed by atoms with Gasteiger partial charge in [0.05, 0.1) is 5.52 Å². The van der Waals surface area contributed by atoms with E-state index in [1.54, 1.807) is 11.3 Å². The van der Waals surface area contributed by atoms with Gasteiger partial charge in [0.15, 0.2) is 0 Å². The first-order valence-electron chi connectivity index (χ1n) is 10.0. The molecule has 2 nitrogen and oxygen atoms in total. The first-order chi connectivity index (χ1) is 14.8. The lowest BCUT2D eigenvalue weighted by atomic mass is 9.94. The van der Waals surface area contributed by atoms with E-state index >= 15 is 0 Å². The second-order valence-corrected chi connectivity index (χ2v) is 8.79. The largest absolute Gasteiger partial charge is 0.320 e. The summed E-state index contributed by atoms with van der Waals surface area (Å²) in [5, 5.41) is 10.4. The minimum atomic E-state index is -0.0109. The zero-order chi connectivity index (χ0) is 19.8. The van der Waals surface area contributed by atoms with Crippen molar-refractivity contribution in [2.24, 2.45) is 0 Å². The number of hydrogen-bond donors (Lipinski definition) is 1. The standard InChI is InChI=1S/C27H15NOS/c29-27-26-23(21-14-13-15-7-1-2-8-16(15)25(21)30-26)22-19-11-5-3-9-17(19)18-10-4-6-12-20(18)24(22)28-27/h1-14H,(H,28,29). The van der Waals surface area contributed by atoms with Gasteiger partial charge in [-0.15, -0.1) is 11.3 Å². The van der Waals surface area contributed by atoms with Gasteiger partial charge in [0.2, 0.25) is 0 Å². The van der Waals surface area contributed by atoms with E-state index in [4.69, 9.17) is 0 Å². The average molecular weight is 401 g/mol. The van der Waals surface area contributed by atoms with Crippen LogP contribution in [0.3, 0.4) is 0 Å². The molecule has 1 N–H and O–H groups in total. The number of H-pyrrole nitrogens is 1. The Morgan fingerprint density at radius 2 is 1.17 bits per heavy atom. The topological polar surface area (TPSA) is 32.9 Å². The summed E-state index contributed by atoms with van der Waals surface area (Å²) >= 11 is 1.60. The van der Waals surface area contributed by atoms with Crippen LogP contribution in [-0.4, -0.2) is 4.98 Å². The Balaban J connectivity index is 1.88. The fourth-order valence-corrected chi connectivity index (χ4v) is 6.17. The lowest BCUT2D eigenvalue weighted by molar-refractivity contribution is 1.37. The molecule has 0 aliphatic carbocycles. The molecule has 0 radical (unpaired) electrons. The number of rotatable bonds is 0. The van der Waals surface area contributed by atoms with Crippen LogP contribution in [0.2, 0.25) is 0 Å². The molecule has 2 heterocycles. The zero-order valence-electron chi connectivity index (χ0n) is 15.9. The van der Waals surface area contributed by atoms with Gasteiger partial charge in [-0.25, -0.2) is 0 Å². The Morgan fingerprint density at radius 1 is 0.533 bits per heavy atom. The van der Waals surface area contributed by atoms with Crippen LogP contribution in [0.15, 0.2) is 89.7 Å². The van der Waals surface area contributed by atoms with E-state index in [2.05, 4.69) is 83.8 Å². The maximum atomic E-state index is 13.2. The molecule has 0 saturated heterocycles. The predicted molar refractivity (Wildman–Crippen MR) is 130 cm³/mol. The SMILES string of the molecule is O=c1[nH]c2c3ccccc3c3ccccc3c2c2c1sc1c3ccccc3ccc12. The van der Waals surface area contributed by atoms with E-state index in [-0.39, 0.29) is 5.56 Å². The summed E-state index contributed by atoms with van der Waals surface area (Å²) < 4.78 is 1.98. The van der Waals surface area contributed by atoms with Crippen LogP contribution >= 0.6 is 11.3 Å². The van der Waals surface area contributed by atoms with Gasteiger partial charge in [-0.1, -0.05) is 84.9 Å². The van der Waals surface area contributed by atoms with Crippen molar-refractivity contribution in [3.63, 3.8) is 0 Å². The monoisotopic (exact) mass is 401 g/mol. The van der Waals surface area contributed by atoms with Gasteiger partial charge in [0.25, 0.3) is 5.56 Å². The number of aromatic amines is 1. The molecule has 0 fully saturated rings. The Kier molecular flexibility index (Phi) is 3.06. The minimum absolute atomic E-state index is 0.0109. The highest BCUT2D eigenvalue weighted by Crippen LogP contribution is 2.43. The Bertz CT molecular complexity index is 1870. The lowest BCUT2D eigenvalue weighted by Gasteiger charge is -2.11. The Hall–Kier alpha value is -3.69. The van der Waals surface area contributed by atoms with Crippen molar-refractivity contribution in [1.29, 1.82) is 0 Å². The van der Waals surface area contributed by atoms with Crippen molar-refractivity contribution < 1.29 is 0 Å². The van der Waals surface area contributed by atoms with Crippen LogP contribution in [-0.2, 0) is 0 Å². The van der Waals surface area contributed by atoms with Crippen LogP contribution in [0.25, 0.3) is 63.4 Å². The molecule has 3 heteroatoms. The summed E-state index contributed by atoms with van der Waals surface area (Å²) in [4.78, 5) is 16.5. The predicted octanol–water partition coefficient (Wildman–Crippen LogP) is 7.36. The molecule has 0 unspecified atom stereocenters. The van der Waals surface area contributed by atoms with Gasteiger partial charge in [0.1, 0.15) is 4.70 Å². The molecule has 7 rings (SSSR count). The molecule has 0 saturated carbocycles. The first kappa shape index (κ1) is 16.1. The van der Waals surface area contributed by atoms with Gasteiger partial charge >= 0.3 is 0 Å². The highest BCUT2D eigenvalue weighted by molar-refractivity contribution is 7.26. The molecule has 0 amide bonds. The third-order valence-electron chi connectivity index (χ3n) is 6.21. The summed E-state index contributed by atoms with van der Waals surface area (Å²) in [6.45, 7) is 0. The lowest BCUT2D eigenvalue weighted by Crippen LogP contribution is -2.05. The van der Waals surface area contributed by atoms with Crippen LogP contribution < -0.4 is 5.56 Å². The number of benzene rings is 5. The van der Waals surface area contributed by atoms with Crippen molar-refractivity contribution in [1.82, 2.24) is 4.98 Å². The van der Waals surface area contributed by atoms with E-state index < -0.39 is 0 Å². The molecule has 0 atom stereocenters. The number of aromatic nitrogens is 1. The quantitative estimate of drug-likeness (QED) is 0.265. The summed E-state index contributed by atoms with van der Waals surface area (Å²) in [6.07, 6.45) is 0. The minimum Gasteiger partial charge on any atom is -0.320 e. The Morgan fingerprint density at radius 3 is 1.97 bits per heavy atom. The molecular formula is C27H15NOS. The van der Waals surface area contributed by atoms with Crippen molar-refractivity contribution in [3.8, 4) is 0 Å². The van der Waals surface area contributed by atoms with Crippen LogP contribution in [0, 0.1) is 0 Å². The van der Waals surface area contributed by atoms with Crippen LogP contribution in [0.4, 0.5) is 0 Å². The third-order valence-corrected chi connectivity index (χ3v) is 7.45. The number of fused-ring (bicyclic) bond motifs is 12. The van der Waals surface area contributed by atoms with E-state index in [9.17, 15) is 4.79 Å². The highest BCUT2D eigenvalue weighted by atomic mass is 32.1. The average Bonchev–Trinajstić information content (AvgIpc) is 3.20. The number of pyridine rings is 1. The van der Waals surface area contributed by atoms with E-state index in [1.807, 2.05) is 6.07 Å². The van der Waals surface area contributed by atoms with Gasteiger partial charge < -0.3 is 4.98 Å². The Labute approximate surface area is 175 Å². The van der Waals surface area contributed by atoms with Gasteiger partial charge in [-0.2, -0.15) is 0 Å². The normalized spacial score (nSPS) is 12.1. The van der Waals surface area contributed by atoms with Crippen molar-refractivity contribution >= 4 is 74.7 Å². The molecule has 0 bridgehead atoms. The molecule has 30 heavy (non-hydrogen) atoms. The molecule has 0 aliphatic rings. The summed E-state index contributed by atoms with van der Waals surface area (Å²) in [7, 11) is 0. The smallest absolute Gasteiger partial charge is 0.266 e. The summed E-state index contributed by atoms with van der Waals surface area (Å²) in [5.41, 5.74) is 0.915. The third kappa shape index (κ3) is 1.95. The summed E-state index contributed by atoms with van der Waals surface area (Å²) in [6, 6.07) is 29.6. The summed E-state index contributed by atoms with van der Waals surface area (Å²) in [5.74, 6) is 0. The molecule has 5 aromatic carbocycles. The van der Waals surface area contributed by atoms with E-state index in [0.29, 0.717) is 0 Å². The maximum absolute atomic E-state index is 13.2. The number of hydrogen-bond acceptors (Lipinski definition) is 2. The first-order valence-corrected chi connectivity index (χ1v) is 10.8. The van der Waals surface area contributed by atoms with Gasteiger partial charge in [0, 0.05) is 26.2 Å². The van der Waals surface area contributed by atoms with Crippen LogP contribution in [0.5, 0.6) is 0 Å². The number of thiophene rings is 1. The van der Waals surface area contributed by atoms with Gasteiger partial charge in [-0.05, 0) is 26.9 Å². The van der Waals surface area contributed by atoms with Crippen molar-refractivity contribution in [3.05, 3.63) is 95.3 Å². The van der Waals surface area contributed by atoms with E-state index in [0.717, 1.165) is 31.8 Å². The van der Waals surface area contributed by atoms with Crippen molar-refractivity contribution in [2.45, 2.75) is 0 Å². The fraction of sp³-hybridized carbons (Fsp3) is 0. The zero-order valence-corrected chi connectivity index (χ0v) is 16.7. The molecule has 140 valence electrons. The molecule has 7 aromatic rings. The fourth-order valence-electron chi connectivity index (χ4n) is 4.93. The van der Waals surface area contributed by atoms with Crippen LogP contribution in [0.1, 0.15) is 0 Å². The maximum Gasteiger partial charge on any atom is 0.266 e.